The van der Waals surface area contributed by atoms with E-state index in [1.807, 2.05) is 0 Å². The summed E-state index contributed by atoms with van der Waals surface area (Å²) in [6, 6.07) is 4.78. The molecule has 0 unspecified atom stereocenters. The smallest absolute Gasteiger partial charge is 0.254 e. The van der Waals surface area contributed by atoms with E-state index in [0.29, 0.717) is 23.5 Å². The van der Waals surface area contributed by atoms with Crippen molar-refractivity contribution in [2.24, 2.45) is 5.73 Å². The van der Waals surface area contributed by atoms with Gasteiger partial charge in [-0.15, -0.1) is 0 Å². The van der Waals surface area contributed by atoms with E-state index in [1.54, 1.807) is 19.1 Å². The number of nitrogens with one attached hydrogen (secondary N) is 1. The second-order valence-electron chi connectivity index (χ2n) is 4.12. The molecule has 0 heterocycles. The molecule has 0 bridgehead atoms. The molecular formula is C13H17FN2OS. The van der Waals surface area contributed by atoms with Crippen molar-refractivity contribution in [2.45, 2.75) is 26.2 Å². The van der Waals surface area contributed by atoms with Gasteiger partial charge in [-0.3, -0.25) is 4.79 Å². The molecule has 1 rings (SSSR count). The number of hydrogen-bond acceptors (Lipinski definition) is 2. The molecule has 1 amide bonds. The maximum absolute atomic E-state index is 13.6. The fourth-order valence-corrected chi connectivity index (χ4v) is 1.69. The van der Waals surface area contributed by atoms with Crippen LogP contribution in [0.2, 0.25) is 0 Å². The minimum Gasteiger partial charge on any atom is -0.393 e. The number of carbonyl (C=O) groups is 1. The first-order valence-corrected chi connectivity index (χ1v) is 6.25. The van der Waals surface area contributed by atoms with Gasteiger partial charge in [-0.1, -0.05) is 24.4 Å². The van der Waals surface area contributed by atoms with Crippen LogP contribution in [0.4, 0.5) is 4.39 Å². The molecule has 18 heavy (non-hydrogen) atoms. The summed E-state index contributed by atoms with van der Waals surface area (Å²) in [5.41, 5.74) is 5.91. The van der Waals surface area contributed by atoms with Crippen LogP contribution in [-0.4, -0.2) is 17.4 Å². The number of amides is 1. The third kappa shape index (κ3) is 4.41. The van der Waals surface area contributed by atoms with Crippen LogP contribution in [0.5, 0.6) is 0 Å². The minimum atomic E-state index is -0.460. The molecule has 0 aliphatic rings. The summed E-state index contributed by atoms with van der Waals surface area (Å²) in [5, 5.41) is 2.68. The zero-order valence-electron chi connectivity index (χ0n) is 10.3. The Balaban J connectivity index is 2.41. The first-order chi connectivity index (χ1) is 8.52. The average molecular weight is 268 g/mol. The van der Waals surface area contributed by atoms with E-state index >= 15 is 0 Å². The highest BCUT2D eigenvalue weighted by atomic mass is 32.1. The second kappa shape index (κ2) is 7.06. The molecule has 0 aromatic heterocycles. The molecule has 0 saturated carbocycles. The first-order valence-electron chi connectivity index (χ1n) is 5.84. The maximum Gasteiger partial charge on any atom is 0.254 e. The van der Waals surface area contributed by atoms with Crippen molar-refractivity contribution in [1.82, 2.24) is 5.32 Å². The zero-order chi connectivity index (χ0) is 13.5. The quantitative estimate of drug-likeness (QED) is 0.615. The number of thiocarbonyl (C=S) groups is 1. The van der Waals surface area contributed by atoms with Gasteiger partial charge in [-0.25, -0.2) is 4.39 Å². The summed E-state index contributed by atoms with van der Waals surface area (Å²) in [7, 11) is 0. The van der Waals surface area contributed by atoms with Gasteiger partial charge in [0.25, 0.3) is 5.91 Å². The van der Waals surface area contributed by atoms with E-state index < -0.39 is 5.82 Å². The monoisotopic (exact) mass is 268 g/mol. The standard InChI is InChI=1S/C13H17FN2OS/c1-9-5-4-6-10(12(9)14)13(17)16-8-3-2-7-11(15)18/h4-6H,2-3,7-8H2,1H3,(H2,15,18)(H,16,17). The zero-order valence-corrected chi connectivity index (χ0v) is 11.1. The van der Waals surface area contributed by atoms with Crippen molar-refractivity contribution in [3.8, 4) is 0 Å². The molecular weight excluding hydrogens is 251 g/mol. The normalized spacial score (nSPS) is 10.1. The van der Waals surface area contributed by atoms with Crippen molar-refractivity contribution >= 4 is 23.1 Å². The first kappa shape index (κ1) is 14.6. The van der Waals surface area contributed by atoms with Gasteiger partial charge in [0.2, 0.25) is 0 Å². The maximum atomic E-state index is 13.6. The molecule has 0 aliphatic carbocycles. The summed E-state index contributed by atoms with van der Waals surface area (Å²) in [5.74, 6) is -0.843. The van der Waals surface area contributed by atoms with Crippen molar-refractivity contribution in [3.63, 3.8) is 0 Å². The fraction of sp³-hybridized carbons (Fsp3) is 0.385. The molecule has 98 valence electrons. The van der Waals surface area contributed by atoms with Crippen molar-refractivity contribution in [3.05, 3.63) is 35.1 Å². The molecule has 1 aromatic rings. The fourth-order valence-electron chi connectivity index (χ4n) is 1.54. The predicted octanol–water partition coefficient (Wildman–Crippen LogP) is 2.32. The second-order valence-corrected chi connectivity index (χ2v) is 4.64. The Hall–Kier alpha value is -1.49. The van der Waals surface area contributed by atoms with E-state index in [0.717, 1.165) is 12.8 Å². The SMILES string of the molecule is Cc1cccc(C(=O)NCCCCC(N)=S)c1F. The molecule has 0 aliphatic heterocycles. The average Bonchev–Trinajstić information content (AvgIpc) is 2.31. The van der Waals surface area contributed by atoms with Gasteiger partial charge in [-0.2, -0.15) is 0 Å². The lowest BCUT2D eigenvalue weighted by molar-refractivity contribution is 0.0949. The van der Waals surface area contributed by atoms with Gasteiger partial charge in [0.05, 0.1) is 10.6 Å². The third-order valence-corrected chi connectivity index (χ3v) is 2.78. The van der Waals surface area contributed by atoms with E-state index in [-0.39, 0.29) is 11.5 Å². The molecule has 0 atom stereocenters. The lowest BCUT2D eigenvalue weighted by Crippen LogP contribution is -2.25. The van der Waals surface area contributed by atoms with E-state index in [1.165, 1.54) is 6.07 Å². The number of benzene rings is 1. The van der Waals surface area contributed by atoms with Gasteiger partial charge in [-0.05, 0) is 37.8 Å². The van der Waals surface area contributed by atoms with E-state index in [4.69, 9.17) is 18.0 Å². The Labute approximate surface area is 112 Å². The van der Waals surface area contributed by atoms with Crippen molar-refractivity contribution in [2.75, 3.05) is 6.54 Å². The molecule has 0 radical (unpaired) electrons. The lowest BCUT2D eigenvalue weighted by atomic mass is 10.1. The number of nitrogens with two attached hydrogens (primary N) is 1. The highest BCUT2D eigenvalue weighted by Gasteiger charge is 2.12. The van der Waals surface area contributed by atoms with Crippen LogP contribution in [0.25, 0.3) is 0 Å². The molecule has 1 aromatic carbocycles. The van der Waals surface area contributed by atoms with Gasteiger partial charge in [0.15, 0.2) is 0 Å². The van der Waals surface area contributed by atoms with Gasteiger partial charge in [0.1, 0.15) is 5.82 Å². The Morgan fingerprint density at radius 2 is 2.17 bits per heavy atom. The predicted molar refractivity (Wildman–Crippen MR) is 74.1 cm³/mol. The number of carbonyl (C=O) groups excluding carboxylic acids is 1. The van der Waals surface area contributed by atoms with Crippen LogP contribution in [0, 0.1) is 12.7 Å². The number of halogens is 1. The van der Waals surface area contributed by atoms with Crippen LogP contribution in [0.1, 0.15) is 35.2 Å². The number of hydrogen-bond donors (Lipinski definition) is 2. The Kier molecular flexibility index (Phi) is 5.71. The molecule has 0 spiro atoms. The molecule has 3 N–H and O–H groups in total. The molecule has 0 fully saturated rings. The van der Waals surface area contributed by atoms with Crippen LogP contribution >= 0.6 is 12.2 Å². The summed E-state index contributed by atoms with van der Waals surface area (Å²) in [4.78, 5) is 12.2. The van der Waals surface area contributed by atoms with Gasteiger partial charge >= 0.3 is 0 Å². The largest absolute Gasteiger partial charge is 0.393 e. The molecule has 0 saturated heterocycles. The summed E-state index contributed by atoms with van der Waals surface area (Å²) < 4.78 is 13.6. The minimum absolute atomic E-state index is 0.0874. The Morgan fingerprint density at radius 3 is 2.83 bits per heavy atom. The van der Waals surface area contributed by atoms with Crippen LogP contribution in [-0.2, 0) is 0 Å². The van der Waals surface area contributed by atoms with Crippen molar-refractivity contribution < 1.29 is 9.18 Å². The highest BCUT2D eigenvalue weighted by Crippen LogP contribution is 2.11. The van der Waals surface area contributed by atoms with Crippen molar-refractivity contribution in [1.29, 1.82) is 0 Å². The number of rotatable bonds is 6. The third-order valence-electron chi connectivity index (χ3n) is 2.57. The molecule has 5 heteroatoms. The molecule has 3 nitrogen and oxygen atoms in total. The van der Waals surface area contributed by atoms with Crippen LogP contribution in [0.3, 0.4) is 0 Å². The summed E-state index contributed by atoms with van der Waals surface area (Å²) >= 11 is 4.75. The van der Waals surface area contributed by atoms with Gasteiger partial charge in [0, 0.05) is 6.54 Å². The van der Waals surface area contributed by atoms with E-state index in [9.17, 15) is 9.18 Å². The number of unbranched alkanes of at least 4 members (excludes halogenated alkanes) is 1. The van der Waals surface area contributed by atoms with Gasteiger partial charge < -0.3 is 11.1 Å². The Morgan fingerprint density at radius 1 is 1.44 bits per heavy atom. The van der Waals surface area contributed by atoms with Crippen LogP contribution in [0.15, 0.2) is 18.2 Å². The summed E-state index contributed by atoms with van der Waals surface area (Å²) in [6.45, 7) is 2.13. The summed E-state index contributed by atoms with van der Waals surface area (Å²) in [6.07, 6.45) is 2.27. The Bertz CT molecular complexity index is 449. The topological polar surface area (TPSA) is 55.1 Å². The van der Waals surface area contributed by atoms with E-state index in [2.05, 4.69) is 5.32 Å². The van der Waals surface area contributed by atoms with Crippen LogP contribution < -0.4 is 11.1 Å². The number of aryl methyl sites for hydroxylation is 1. The highest BCUT2D eigenvalue weighted by molar-refractivity contribution is 7.80. The lowest BCUT2D eigenvalue weighted by Gasteiger charge is -2.07.